The average Bonchev–Trinajstić information content (AvgIpc) is 3.06. The highest BCUT2D eigenvalue weighted by molar-refractivity contribution is 5.94. The van der Waals surface area contributed by atoms with Crippen molar-refractivity contribution in [2.45, 2.75) is 19.1 Å². The normalized spacial score (nSPS) is 17.0. The third-order valence-electron chi connectivity index (χ3n) is 3.54. The number of aromatic hydroxyl groups is 1. The Balaban J connectivity index is 1.59. The minimum absolute atomic E-state index is 0.00284. The van der Waals surface area contributed by atoms with Crippen LogP contribution in [0.15, 0.2) is 36.7 Å². The van der Waals surface area contributed by atoms with Gasteiger partial charge in [-0.1, -0.05) is 0 Å². The van der Waals surface area contributed by atoms with Crippen LogP contribution in [0.4, 0.5) is 0 Å². The molecule has 3 N–H and O–H groups in total. The van der Waals surface area contributed by atoms with E-state index in [1.807, 2.05) is 0 Å². The van der Waals surface area contributed by atoms with Crippen molar-refractivity contribution in [1.82, 2.24) is 20.6 Å². The van der Waals surface area contributed by atoms with E-state index in [9.17, 15) is 9.90 Å². The standard InChI is InChI=1S/C16H18N4O3/c21-14-2-1-5-19-15(14)16(22)20-9-11-8-12(4-7-18-11)23-13-3-6-17-10-13/h1-2,4-5,7-8,13,17,21H,3,6,9-10H2,(H,20,22). The van der Waals surface area contributed by atoms with Crippen LogP contribution in [0.3, 0.4) is 0 Å². The van der Waals surface area contributed by atoms with E-state index in [1.165, 1.54) is 12.3 Å². The molecule has 0 saturated carbocycles. The van der Waals surface area contributed by atoms with Gasteiger partial charge in [0, 0.05) is 25.0 Å². The first-order valence-corrected chi connectivity index (χ1v) is 7.47. The van der Waals surface area contributed by atoms with Crippen LogP contribution in [0.5, 0.6) is 11.5 Å². The Morgan fingerprint density at radius 1 is 1.39 bits per heavy atom. The number of hydrogen-bond donors (Lipinski definition) is 3. The molecule has 0 bridgehead atoms. The lowest BCUT2D eigenvalue weighted by Crippen LogP contribution is -2.24. The molecule has 1 aliphatic heterocycles. The monoisotopic (exact) mass is 314 g/mol. The van der Waals surface area contributed by atoms with Crippen molar-refractivity contribution in [3.8, 4) is 11.5 Å². The predicted octanol–water partition coefficient (Wildman–Crippen LogP) is 0.853. The summed E-state index contributed by atoms with van der Waals surface area (Å²) in [6.07, 6.45) is 4.26. The third kappa shape index (κ3) is 3.95. The molecule has 1 aliphatic rings. The highest BCUT2D eigenvalue weighted by Gasteiger charge is 2.16. The van der Waals surface area contributed by atoms with Crippen molar-refractivity contribution in [3.05, 3.63) is 48.0 Å². The zero-order valence-corrected chi connectivity index (χ0v) is 12.5. The van der Waals surface area contributed by atoms with Crippen LogP contribution in [0.1, 0.15) is 22.6 Å². The molecule has 7 nitrogen and oxygen atoms in total. The van der Waals surface area contributed by atoms with E-state index in [-0.39, 0.29) is 24.1 Å². The maximum absolute atomic E-state index is 12.0. The number of nitrogens with zero attached hydrogens (tertiary/aromatic N) is 2. The number of ether oxygens (including phenoxy) is 1. The Morgan fingerprint density at radius 3 is 3.09 bits per heavy atom. The van der Waals surface area contributed by atoms with Crippen LogP contribution < -0.4 is 15.4 Å². The summed E-state index contributed by atoms with van der Waals surface area (Å²) in [5.74, 6) is 0.138. The second-order valence-electron chi connectivity index (χ2n) is 5.27. The van der Waals surface area contributed by atoms with Crippen molar-refractivity contribution in [2.24, 2.45) is 0 Å². The molecule has 0 aromatic carbocycles. The lowest BCUT2D eigenvalue weighted by molar-refractivity contribution is 0.0942. The molecule has 3 rings (SSSR count). The molecular formula is C16H18N4O3. The Labute approximate surface area is 133 Å². The minimum Gasteiger partial charge on any atom is -0.505 e. The van der Waals surface area contributed by atoms with Crippen molar-refractivity contribution < 1.29 is 14.6 Å². The Kier molecular flexibility index (Phi) is 4.68. The molecule has 2 aromatic heterocycles. The van der Waals surface area contributed by atoms with Crippen LogP contribution in [0.25, 0.3) is 0 Å². The topological polar surface area (TPSA) is 96.4 Å². The predicted molar refractivity (Wildman–Crippen MR) is 83.2 cm³/mol. The first-order valence-electron chi connectivity index (χ1n) is 7.47. The van der Waals surface area contributed by atoms with E-state index >= 15 is 0 Å². The molecule has 23 heavy (non-hydrogen) atoms. The first-order chi connectivity index (χ1) is 11.2. The number of amides is 1. The van der Waals surface area contributed by atoms with Gasteiger partial charge in [-0.25, -0.2) is 4.98 Å². The van der Waals surface area contributed by atoms with Crippen LogP contribution in [-0.4, -0.2) is 40.2 Å². The van der Waals surface area contributed by atoms with Gasteiger partial charge in [0.05, 0.1) is 12.2 Å². The van der Waals surface area contributed by atoms with Gasteiger partial charge >= 0.3 is 0 Å². The zero-order valence-electron chi connectivity index (χ0n) is 12.5. The van der Waals surface area contributed by atoms with Gasteiger partial charge in [-0.2, -0.15) is 0 Å². The summed E-state index contributed by atoms with van der Waals surface area (Å²) in [6, 6.07) is 6.59. The summed E-state index contributed by atoms with van der Waals surface area (Å²) in [4.78, 5) is 20.1. The maximum Gasteiger partial charge on any atom is 0.274 e. The molecule has 1 amide bonds. The smallest absolute Gasteiger partial charge is 0.274 e. The van der Waals surface area contributed by atoms with E-state index in [1.54, 1.807) is 24.4 Å². The molecular weight excluding hydrogens is 296 g/mol. The van der Waals surface area contributed by atoms with Crippen LogP contribution >= 0.6 is 0 Å². The van der Waals surface area contributed by atoms with E-state index in [4.69, 9.17) is 4.74 Å². The van der Waals surface area contributed by atoms with Crippen molar-refractivity contribution in [3.63, 3.8) is 0 Å². The molecule has 120 valence electrons. The minimum atomic E-state index is -0.448. The fraction of sp³-hybridized carbons (Fsp3) is 0.312. The van der Waals surface area contributed by atoms with Gasteiger partial charge in [0.25, 0.3) is 5.91 Å². The van der Waals surface area contributed by atoms with Gasteiger partial charge in [-0.15, -0.1) is 0 Å². The number of nitrogens with one attached hydrogen (secondary N) is 2. The van der Waals surface area contributed by atoms with Crippen LogP contribution in [0, 0.1) is 0 Å². The molecule has 1 saturated heterocycles. The highest BCUT2D eigenvalue weighted by Crippen LogP contribution is 2.16. The molecule has 3 heterocycles. The second-order valence-corrected chi connectivity index (χ2v) is 5.27. The summed E-state index contributed by atoms with van der Waals surface area (Å²) in [6.45, 7) is 2.04. The fourth-order valence-corrected chi connectivity index (χ4v) is 2.37. The number of hydrogen-bond acceptors (Lipinski definition) is 6. The van der Waals surface area contributed by atoms with Gasteiger partial charge in [0.2, 0.25) is 0 Å². The van der Waals surface area contributed by atoms with Crippen LogP contribution in [-0.2, 0) is 6.54 Å². The molecule has 1 atom stereocenters. The third-order valence-corrected chi connectivity index (χ3v) is 3.54. The molecule has 0 spiro atoms. The van der Waals surface area contributed by atoms with Gasteiger partial charge in [0.15, 0.2) is 5.69 Å². The first kappa shape index (κ1) is 15.2. The van der Waals surface area contributed by atoms with E-state index in [0.717, 1.165) is 25.3 Å². The highest BCUT2D eigenvalue weighted by atomic mass is 16.5. The van der Waals surface area contributed by atoms with Crippen LogP contribution in [0.2, 0.25) is 0 Å². The second kappa shape index (κ2) is 7.06. The molecule has 0 aliphatic carbocycles. The van der Waals surface area contributed by atoms with Gasteiger partial charge in [-0.05, 0) is 31.2 Å². The zero-order chi connectivity index (χ0) is 16.1. The quantitative estimate of drug-likeness (QED) is 0.757. The maximum atomic E-state index is 12.0. The lowest BCUT2D eigenvalue weighted by Gasteiger charge is -2.13. The molecule has 0 radical (unpaired) electrons. The van der Waals surface area contributed by atoms with Gasteiger partial charge in [-0.3, -0.25) is 9.78 Å². The number of carbonyl (C=O) groups is 1. The summed E-state index contributed by atoms with van der Waals surface area (Å²) in [5.41, 5.74) is 0.675. The molecule has 1 fully saturated rings. The molecule has 7 heteroatoms. The Morgan fingerprint density at radius 2 is 2.30 bits per heavy atom. The Hall–Kier alpha value is -2.67. The Bertz CT molecular complexity index is 687. The van der Waals surface area contributed by atoms with Crippen molar-refractivity contribution >= 4 is 5.91 Å². The van der Waals surface area contributed by atoms with Crippen molar-refractivity contribution in [2.75, 3.05) is 13.1 Å². The number of carbonyl (C=O) groups excluding carboxylic acids is 1. The number of pyridine rings is 2. The summed E-state index contributed by atoms with van der Waals surface area (Å²) in [5, 5.41) is 15.5. The summed E-state index contributed by atoms with van der Waals surface area (Å²) >= 11 is 0. The summed E-state index contributed by atoms with van der Waals surface area (Å²) < 4.78 is 5.86. The lowest BCUT2D eigenvalue weighted by atomic mass is 10.3. The number of rotatable bonds is 5. The molecule has 2 aromatic rings. The fourth-order valence-electron chi connectivity index (χ4n) is 2.37. The van der Waals surface area contributed by atoms with Gasteiger partial charge < -0.3 is 20.5 Å². The average molecular weight is 314 g/mol. The van der Waals surface area contributed by atoms with E-state index < -0.39 is 5.91 Å². The van der Waals surface area contributed by atoms with Crippen molar-refractivity contribution in [1.29, 1.82) is 0 Å². The van der Waals surface area contributed by atoms with E-state index in [2.05, 4.69) is 20.6 Å². The van der Waals surface area contributed by atoms with E-state index in [0.29, 0.717) is 5.69 Å². The molecule has 1 unspecified atom stereocenters. The largest absolute Gasteiger partial charge is 0.505 e. The number of aromatic nitrogens is 2. The summed E-state index contributed by atoms with van der Waals surface area (Å²) in [7, 11) is 0. The SMILES string of the molecule is O=C(NCc1cc(OC2CCNC2)ccn1)c1ncccc1O. The van der Waals surface area contributed by atoms with Gasteiger partial charge in [0.1, 0.15) is 17.6 Å².